The molecule has 7 heteroatoms. The second-order valence-electron chi connectivity index (χ2n) is 5.54. The summed E-state index contributed by atoms with van der Waals surface area (Å²) in [4.78, 5) is 12.0. The molecule has 1 N–H and O–H groups in total. The van der Waals surface area contributed by atoms with Crippen LogP contribution in [0.15, 0.2) is 42.5 Å². The maximum Gasteiger partial charge on any atom is 0.230 e. The number of para-hydroxylation sites is 2. The van der Waals surface area contributed by atoms with Crippen LogP contribution in [0.4, 0.5) is 0 Å². The average Bonchev–Trinajstić information content (AvgIpc) is 2.63. The molecule has 0 saturated carbocycles. The number of carbonyl (C=O) groups is 1. The van der Waals surface area contributed by atoms with Crippen LogP contribution < -0.4 is 14.8 Å². The summed E-state index contributed by atoms with van der Waals surface area (Å²) >= 11 is 13.4. The zero-order valence-electron chi connectivity index (χ0n) is 13.3. The third kappa shape index (κ3) is 5.21. The first-order valence-corrected chi connectivity index (χ1v) is 9.70. The molecule has 1 amide bonds. The number of benzene rings is 2. The third-order valence-corrected chi connectivity index (χ3v) is 5.32. The van der Waals surface area contributed by atoms with E-state index >= 15 is 0 Å². The zero-order valence-corrected chi connectivity index (χ0v) is 15.7. The minimum absolute atomic E-state index is 0.0347. The number of amides is 1. The number of halogens is 2. The number of carbonyl (C=O) groups excluding carboxylic acids is 1. The molecule has 132 valence electrons. The smallest absolute Gasteiger partial charge is 0.230 e. The number of hydrogen-bond acceptors (Lipinski definition) is 4. The summed E-state index contributed by atoms with van der Waals surface area (Å²) in [7, 11) is 0. The van der Waals surface area contributed by atoms with Gasteiger partial charge in [-0.25, -0.2) is 0 Å². The highest BCUT2D eigenvalue weighted by Gasteiger charge is 2.20. The molecule has 1 aliphatic heterocycles. The Hall–Kier alpha value is -1.56. The first-order valence-electron chi connectivity index (χ1n) is 7.78. The molecule has 0 unspecified atom stereocenters. The standard InChI is InChI=1S/C18H17Cl2NO3S/c19-14-6-5-12(7-15(14)20)10-25-11-18(22)21-8-13-9-23-16-3-1-2-4-17(16)24-13/h1-7,13H,8-11H2,(H,21,22)/t13-/m1/s1. The Morgan fingerprint density at radius 2 is 1.96 bits per heavy atom. The van der Waals surface area contributed by atoms with E-state index in [-0.39, 0.29) is 12.0 Å². The van der Waals surface area contributed by atoms with Crippen molar-refractivity contribution in [3.8, 4) is 11.5 Å². The largest absolute Gasteiger partial charge is 0.486 e. The molecule has 1 aliphatic rings. The lowest BCUT2D eigenvalue weighted by Crippen LogP contribution is -2.41. The lowest BCUT2D eigenvalue weighted by atomic mass is 10.2. The van der Waals surface area contributed by atoms with Crippen molar-refractivity contribution >= 4 is 40.9 Å². The molecular weight excluding hydrogens is 381 g/mol. The number of ether oxygens (including phenoxy) is 2. The molecular formula is C18H17Cl2NO3S. The van der Waals surface area contributed by atoms with E-state index in [2.05, 4.69) is 5.32 Å². The van der Waals surface area contributed by atoms with E-state index in [4.69, 9.17) is 32.7 Å². The number of nitrogens with one attached hydrogen (secondary N) is 1. The molecule has 0 radical (unpaired) electrons. The van der Waals surface area contributed by atoms with Crippen LogP contribution in [-0.2, 0) is 10.5 Å². The normalized spacial score (nSPS) is 15.7. The Morgan fingerprint density at radius 1 is 1.16 bits per heavy atom. The van der Waals surface area contributed by atoms with Crippen LogP contribution in [0.1, 0.15) is 5.56 Å². The van der Waals surface area contributed by atoms with Gasteiger partial charge in [0.1, 0.15) is 12.7 Å². The lowest BCUT2D eigenvalue weighted by molar-refractivity contribution is -0.119. The minimum Gasteiger partial charge on any atom is -0.486 e. The Bertz CT molecular complexity index is 757. The molecule has 0 aliphatic carbocycles. The Kier molecular flexibility index (Phi) is 6.34. The fraction of sp³-hybridized carbons (Fsp3) is 0.278. The van der Waals surface area contributed by atoms with Crippen LogP contribution in [0.2, 0.25) is 10.0 Å². The minimum atomic E-state index is -0.182. The van der Waals surface area contributed by atoms with Gasteiger partial charge in [-0.1, -0.05) is 41.4 Å². The van der Waals surface area contributed by atoms with Gasteiger partial charge in [0.25, 0.3) is 0 Å². The summed E-state index contributed by atoms with van der Waals surface area (Å²) in [5.74, 6) is 2.47. The summed E-state index contributed by atoms with van der Waals surface area (Å²) in [5, 5.41) is 3.94. The summed E-state index contributed by atoms with van der Waals surface area (Å²) in [6.45, 7) is 0.841. The van der Waals surface area contributed by atoms with E-state index in [0.29, 0.717) is 40.5 Å². The van der Waals surface area contributed by atoms with Gasteiger partial charge in [-0.3, -0.25) is 4.79 Å². The van der Waals surface area contributed by atoms with Gasteiger partial charge in [0, 0.05) is 5.75 Å². The number of rotatable bonds is 6. The molecule has 2 aromatic rings. The molecule has 4 nitrogen and oxygen atoms in total. The van der Waals surface area contributed by atoms with E-state index in [1.165, 1.54) is 11.8 Å². The van der Waals surface area contributed by atoms with Gasteiger partial charge >= 0.3 is 0 Å². The molecule has 1 atom stereocenters. The van der Waals surface area contributed by atoms with Crippen molar-refractivity contribution in [2.24, 2.45) is 0 Å². The third-order valence-electron chi connectivity index (χ3n) is 3.58. The van der Waals surface area contributed by atoms with Crippen LogP contribution in [0.5, 0.6) is 11.5 Å². The topological polar surface area (TPSA) is 47.6 Å². The van der Waals surface area contributed by atoms with Crippen molar-refractivity contribution in [1.29, 1.82) is 0 Å². The van der Waals surface area contributed by atoms with Crippen molar-refractivity contribution < 1.29 is 14.3 Å². The molecule has 0 saturated heterocycles. The highest BCUT2D eigenvalue weighted by Crippen LogP contribution is 2.30. The van der Waals surface area contributed by atoms with Gasteiger partial charge in [0.2, 0.25) is 5.91 Å². The van der Waals surface area contributed by atoms with Crippen LogP contribution in [0.25, 0.3) is 0 Å². The zero-order chi connectivity index (χ0) is 17.6. The van der Waals surface area contributed by atoms with Crippen molar-refractivity contribution in [3.05, 3.63) is 58.1 Å². The van der Waals surface area contributed by atoms with E-state index in [1.54, 1.807) is 6.07 Å². The molecule has 1 heterocycles. The fourth-order valence-corrected chi connectivity index (χ4v) is 3.46. The summed E-state index contributed by atoms with van der Waals surface area (Å²) in [6.07, 6.45) is -0.182. The molecule has 0 spiro atoms. The quantitative estimate of drug-likeness (QED) is 0.793. The summed E-state index contributed by atoms with van der Waals surface area (Å²) in [5.41, 5.74) is 1.04. The Balaban J connectivity index is 1.38. The molecule has 0 fully saturated rings. The predicted octanol–water partition coefficient (Wildman–Crippen LogP) is 4.18. The second-order valence-corrected chi connectivity index (χ2v) is 7.34. The van der Waals surface area contributed by atoms with E-state index in [9.17, 15) is 4.79 Å². The molecule has 25 heavy (non-hydrogen) atoms. The first kappa shape index (κ1) is 18.2. The van der Waals surface area contributed by atoms with E-state index < -0.39 is 0 Å². The van der Waals surface area contributed by atoms with Crippen LogP contribution >= 0.6 is 35.0 Å². The second kappa shape index (κ2) is 8.70. The molecule has 0 aromatic heterocycles. The molecule has 2 aromatic carbocycles. The SMILES string of the molecule is O=C(CSCc1ccc(Cl)c(Cl)c1)NC[C@@H]1COc2ccccc2O1. The van der Waals surface area contributed by atoms with Crippen LogP contribution in [-0.4, -0.2) is 30.9 Å². The van der Waals surface area contributed by atoms with Gasteiger partial charge in [0.15, 0.2) is 11.5 Å². The number of fused-ring (bicyclic) bond motifs is 1. The van der Waals surface area contributed by atoms with Crippen molar-refractivity contribution in [3.63, 3.8) is 0 Å². The van der Waals surface area contributed by atoms with Crippen molar-refractivity contribution in [2.75, 3.05) is 18.9 Å². The molecule has 3 rings (SSSR count). The number of thioether (sulfide) groups is 1. The van der Waals surface area contributed by atoms with Gasteiger partial charge < -0.3 is 14.8 Å². The molecule has 0 bridgehead atoms. The Labute approximate surface area is 160 Å². The monoisotopic (exact) mass is 397 g/mol. The van der Waals surface area contributed by atoms with Crippen LogP contribution in [0, 0.1) is 0 Å². The van der Waals surface area contributed by atoms with Gasteiger partial charge in [0.05, 0.1) is 22.3 Å². The number of hydrogen-bond donors (Lipinski definition) is 1. The Morgan fingerprint density at radius 3 is 2.76 bits per heavy atom. The summed E-state index contributed by atoms with van der Waals surface area (Å²) < 4.78 is 11.4. The first-order chi connectivity index (χ1) is 12.1. The highest BCUT2D eigenvalue weighted by atomic mass is 35.5. The highest BCUT2D eigenvalue weighted by molar-refractivity contribution is 7.99. The van der Waals surface area contributed by atoms with Crippen molar-refractivity contribution in [1.82, 2.24) is 5.32 Å². The van der Waals surface area contributed by atoms with Gasteiger partial charge in [-0.15, -0.1) is 11.8 Å². The predicted molar refractivity (Wildman–Crippen MR) is 102 cm³/mol. The summed E-state index contributed by atoms with van der Waals surface area (Å²) in [6, 6.07) is 13.0. The van der Waals surface area contributed by atoms with Crippen molar-refractivity contribution in [2.45, 2.75) is 11.9 Å². The fourth-order valence-electron chi connectivity index (χ4n) is 2.33. The van der Waals surface area contributed by atoms with Gasteiger partial charge in [-0.05, 0) is 29.8 Å². The maximum absolute atomic E-state index is 12.0. The van der Waals surface area contributed by atoms with E-state index in [1.807, 2.05) is 36.4 Å². The maximum atomic E-state index is 12.0. The van der Waals surface area contributed by atoms with E-state index in [0.717, 1.165) is 11.3 Å². The lowest BCUT2D eigenvalue weighted by Gasteiger charge is -2.26. The van der Waals surface area contributed by atoms with Gasteiger partial charge in [-0.2, -0.15) is 0 Å². The van der Waals surface area contributed by atoms with Crippen LogP contribution in [0.3, 0.4) is 0 Å². The average molecular weight is 398 g/mol.